The smallest absolute Gasteiger partial charge is 0.232 e. The molecule has 1 aliphatic rings. The predicted molar refractivity (Wildman–Crippen MR) is 87.8 cm³/mol. The number of nitrogens with two attached hydrogens (primary N) is 1. The van der Waals surface area contributed by atoms with Gasteiger partial charge in [-0.05, 0) is 35.3 Å². The third-order valence-electron chi connectivity index (χ3n) is 3.98. The monoisotopic (exact) mass is 357 g/mol. The SMILES string of the molecule is CCC(CCN)N1CCN(c2ncc(Br)c(OC)n2)CC1. The summed E-state index contributed by atoms with van der Waals surface area (Å²) in [5.74, 6) is 1.32. The van der Waals surface area contributed by atoms with Gasteiger partial charge in [-0.2, -0.15) is 4.98 Å². The van der Waals surface area contributed by atoms with Gasteiger partial charge in [0.25, 0.3) is 0 Å². The Morgan fingerprint density at radius 1 is 1.38 bits per heavy atom. The van der Waals surface area contributed by atoms with E-state index in [-0.39, 0.29) is 0 Å². The molecule has 1 fully saturated rings. The van der Waals surface area contributed by atoms with Crippen LogP contribution in [0, 0.1) is 0 Å². The molecule has 0 saturated carbocycles. The van der Waals surface area contributed by atoms with E-state index in [0.717, 1.165) is 56.0 Å². The molecule has 1 aromatic rings. The van der Waals surface area contributed by atoms with Crippen molar-refractivity contribution in [1.82, 2.24) is 14.9 Å². The molecular formula is C14H24BrN5O. The van der Waals surface area contributed by atoms with E-state index in [4.69, 9.17) is 10.5 Å². The molecule has 2 heterocycles. The molecule has 2 rings (SSSR count). The number of anilines is 1. The van der Waals surface area contributed by atoms with Crippen LogP contribution in [-0.4, -0.2) is 60.7 Å². The molecule has 0 aliphatic carbocycles. The van der Waals surface area contributed by atoms with Crippen LogP contribution in [0.1, 0.15) is 19.8 Å². The Labute approximate surface area is 134 Å². The predicted octanol–water partition coefficient (Wildman–Crippen LogP) is 1.50. The summed E-state index contributed by atoms with van der Waals surface area (Å²) in [4.78, 5) is 13.6. The summed E-state index contributed by atoms with van der Waals surface area (Å²) in [5.41, 5.74) is 5.70. The first-order valence-electron chi connectivity index (χ1n) is 7.45. The van der Waals surface area contributed by atoms with Crippen LogP contribution in [0.5, 0.6) is 5.88 Å². The molecule has 1 aliphatic heterocycles. The number of rotatable bonds is 6. The molecule has 118 valence electrons. The van der Waals surface area contributed by atoms with Crippen LogP contribution < -0.4 is 15.4 Å². The average molecular weight is 358 g/mol. The van der Waals surface area contributed by atoms with E-state index < -0.39 is 0 Å². The summed E-state index contributed by atoms with van der Waals surface area (Å²) >= 11 is 3.38. The van der Waals surface area contributed by atoms with Gasteiger partial charge in [-0.15, -0.1) is 0 Å². The number of piperazine rings is 1. The highest BCUT2D eigenvalue weighted by Gasteiger charge is 2.24. The van der Waals surface area contributed by atoms with Crippen molar-refractivity contribution in [2.45, 2.75) is 25.8 Å². The Kier molecular flexibility index (Phi) is 6.20. The molecule has 0 bridgehead atoms. The van der Waals surface area contributed by atoms with E-state index in [1.807, 2.05) is 0 Å². The summed E-state index contributed by atoms with van der Waals surface area (Å²) in [6.45, 7) is 6.92. The topological polar surface area (TPSA) is 67.5 Å². The van der Waals surface area contributed by atoms with Crippen molar-refractivity contribution < 1.29 is 4.74 Å². The maximum absolute atomic E-state index is 5.70. The minimum Gasteiger partial charge on any atom is -0.480 e. The molecule has 1 unspecified atom stereocenters. The highest BCUT2D eigenvalue weighted by molar-refractivity contribution is 9.10. The van der Waals surface area contributed by atoms with Crippen LogP contribution in [-0.2, 0) is 0 Å². The molecule has 21 heavy (non-hydrogen) atoms. The van der Waals surface area contributed by atoms with Gasteiger partial charge in [0.1, 0.15) is 0 Å². The van der Waals surface area contributed by atoms with Crippen molar-refractivity contribution in [2.24, 2.45) is 5.73 Å². The molecule has 0 spiro atoms. The largest absolute Gasteiger partial charge is 0.480 e. The van der Waals surface area contributed by atoms with Crippen molar-refractivity contribution >= 4 is 21.9 Å². The van der Waals surface area contributed by atoms with Gasteiger partial charge in [0.2, 0.25) is 11.8 Å². The zero-order valence-electron chi connectivity index (χ0n) is 12.8. The second-order valence-electron chi connectivity index (χ2n) is 5.19. The molecule has 0 aromatic carbocycles. The van der Waals surface area contributed by atoms with Crippen molar-refractivity contribution in [1.29, 1.82) is 0 Å². The second kappa shape index (κ2) is 7.91. The second-order valence-corrected chi connectivity index (χ2v) is 6.04. The van der Waals surface area contributed by atoms with Gasteiger partial charge in [0, 0.05) is 32.2 Å². The normalized spacial score (nSPS) is 17.8. The highest BCUT2D eigenvalue weighted by Crippen LogP contribution is 2.24. The van der Waals surface area contributed by atoms with Crippen LogP contribution in [0.15, 0.2) is 10.7 Å². The summed E-state index contributed by atoms with van der Waals surface area (Å²) in [7, 11) is 1.62. The van der Waals surface area contributed by atoms with Crippen molar-refractivity contribution in [3.63, 3.8) is 0 Å². The van der Waals surface area contributed by atoms with Crippen molar-refractivity contribution in [3.05, 3.63) is 10.7 Å². The van der Waals surface area contributed by atoms with E-state index in [2.05, 4.69) is 42.6 Å². The molecule has 0 radical (unpaired) electrons. The Hall–Kier alpha value is -0.920. The fourth-order valence-electron chi connectivity index (χ4n) is 2.76. The third kappa shape index (κ3) is 4.05. The molecule has 2 N–H and O–H groups in total. The average Bonchev–Trinajstić information content (AvgIpc) is 2.53. The van der Waals surface area contributed by atoms with E-state index in [9.17, 15) is 0 Å². The number of nitrogens with zero attached hydrogens (tertiary/aromatic N) is 4. The van der Waals surface area contributed by atoms with Gasteiger partial charge in [-0.1, -0.05) is 6.92 Å². The van der Waals surface area contributed by atoms with Gasteiger partial charge in [-0.3, -0.25) is 4.90 Å². The van der Waals surface area contributed by atoms with Crippen LogP contribution >= 0.6 is 15.9 Å². The Bertz CT molecular complexity index is 451. The van der Waals surface area contributed by atoms with Crippen molar-refractivity contribution in [3.8, 4) is 5.88 Å². The lowest BCUT2D eigenvalue weighted by atomic mass is 10.1. The zero-order chi connectivity index (χ0) is 15.2. The van der Waals surface area contributed by atoms with Crippen LogP contribution in [0.3, 0.4) is 0 Å². The Morgan fingerprint density at radius 2 is 2.10 bits per heavy atom. The number of hydrogen-bond acceptors (Lipinski definition) is 6. The maximum Gasteiger partial charge on any atom is 0.232 e. The summed E-state index contributed by atoms with van der Waals surface area (Å²) in [6, 6.07) is 0.595. The summed E-state index contributed by atoms with van der Waals surface area (Å²) in [5, 5.41) is 0. The van der Waals surface area contributed by atoms with E-state index in [1.165, 1.54) is 0 Å². The Balaban J connectivity index is 1.97. The first-order valence-corrected chi connectivity index (χ1v) is 8.24. The number of hydrogen-bond donors (Lipinski definition) is 1. The lowest BCUT2D eigenvalue weighted by molar-refractivity contribution is 0.172. The summed E-state index contributed by atoms with van der Waals surface area (Å²) < 4.78 is 6.02. The van der Waals surface area contributed by atoms with E-state index >= 15 is 0 Å². The van der Waals surface area contributed by atoms with Crippen molar-refractivity contribution in [2.75, 3.05) is 44.7 Å². The molecule has 1 aromatic heterocycles. The number of aromatic nitrogens is 2. The minimum absolute atomic E-state index is 0.581. The molecular weight excluding hydrogens is 334 g/mol. The van der Waals surface area contributed by atoms with Gasteiger partial charge >= 0.3 is 0 Å². The van der Waals surface area contributed by atoms with E-state index in [1.54, 1.807) is 13.3 Å². The van der Waals surface area contributed by atoms with E-state index in [0.29, 0.717) is 11.9 Å². The van der Waals surface area contributed by atoms with Gasteiger partial charge in [-0.25, -0.2) is 4.98 Å². The van der Waals surface area contributed by atoms with Gasteiger partial charge in [0.15, 0.2) is 0 Å². The van der Waals surface area contributed by atoms with Crippen LogP contribution in [0.2, 0.25) is 0 Å². The Morgan fingerprint density at radius 3 is 2.67 bits per heavy atom. The molecule has 1 atom stereocenters. The fourth-order valence-corrected chi connectivity index (χ4v) is 3.12. The maximum atomic E-state index is 5.70. The zero-order valence-corrected chi connectivity index (χ0v) is 14.3. The van der Waals surface area contributed by atoms with Gasteiger partial charge in [0.05, 0.1) is 17.8 Å². The first kappa shape index (κ1) is 16.5. The number of ether oxygens (including phenoxy) is 1. The quantitative estimate of drug-likeness (QED) is 0.831. The molecule has 1 saturated heterocycles. The fraction of sp³-hybridized carbons (Fsp3) is 0.714. The standard InChI is InChI=1S/C14H24BrN5O/c1-3-11(4-5-16)19-6-8-20(9-7-19)14-17-10-12(15)13(18-14)21-2/h10-11H,3-9,16H2,1-2H3. The lowest BCUT2D eigenvalue weighted by Gasteiger charge is -2.39. The molecule has 7 heteroatoms. The lowest BCUT2D eigenvalue weighted by Crippen LogP contribution is -2.51. The number of halogens is 1. The third-order valence-corrected chi connectivity index (χ3v) is 4.52. The minimum atomic E-state index is 0.581. The molecule has 6 nitrogen and oxygen atoms in total. The number of methoxy groups -OCH3 is 1. The summed E-state index contributed by atoms with van der Waals surface area (Å²) in [6.07, 6.45) is 3.97. The van der Waals surface area contributed by atoms with Gasteiger partial charge < -0.3 is 15.4 Å². The first-order chi connectivity index (χ1) is 10.2. The highest BCUT2D eigenvalue weighted by atomic mass is 79.9. The molecule has 0 amide bonds. The van der Waals surface area contributed by atoms with Crippen LogP contribution in [0.25, 0.3) is 0 Å². The van der Waals surface area contributed by atoms with Crippen LogP contribution in [0.4, 0.5) is 5.95 Å².